The Balaban J connectivity index is 1.57. The molecule has 0 aromatic heterocycles. The van der Waals surface area contributed by atoms with Crippen molar-refractivity contribution < 1.29 is 14.0 Å². The summed E-state index contributed by atoms with van der Waals surface area (Å²) < 4.78 is 12.8. The van der Waals surface area contributed by atoms with Gasteiger partial charge in [0.25, 0.3) is 0 Å². The molecule has 0 aliphatic rings. The predicted octanol–water partition coefficient (Wildman–Crippen LogP) is 2.23. The van der Waals surface area contributed by atoms with Crippen LogP contribution >= 0.6 is 0 Å². The zero-order valence-electron chi connectivity index (χ0n) is 13.4. The van der Waals surface area contributed by atoms with Gasteiger partial charge in [-0.1, -0.05) is 42.5 Å². The Bertz CT molecular complexity index is 657. The fourth-order valence-corrected chi connectivity index (χ4v) is 2.24. The Morgan fingerprint density at radius 2 is 1.42 bits per heavy atom. The molecule has 0 heterocycles. The molecule has 4 nitrogen and oxygen atoms in total. The lowest BCUT2D eigenvalue weighted by atomic mass is 10.1. The topological polar surface area (TPSA) is 58.2 Å². The van der Waals surface area contributed by atoms with E-state index in [0.717, 1.165) is 11.1 Å². The molecular formula is C19H21FN2O2. The minimum absolute atomic E-state index is 0.0355. The summed E-state index contributed by atoms with van der Waals surface area (Å²) in [5.41, 5.74) is 1.88. The van der Waals surface area contributed by atoms with Crippen molar-refractivity contribution in [2.45, 2.75) is 19.3 Å². The maximum atomic E-state index is 12.8. The first-order valence-corrected chi connectivity index (χ1v) is 7.95. The minimum Gasteiger partial charge on any atom is -0.354 e. The SMILES string of the molecule is O=C(CCc1ccccc1)NCCNC(=O)Cc1ccc(F)cc1. The highest BCUT2D eigenvalue weighted by Gasteiger charge is 2.04. The average Bonchev–Trinajstić information content (AvgIpc) is 2.60. The summed E-state index contributed by atoms with van der Waals surface area (Å²) in [5, 5.41) is 5.50. The second-order valence-electron chi connectivity index (χ2n) is 5.49. The number of rotatable bonds is 8. The summed E-state index contributed by atoms with van der Waals surface area (Å²) >= 11 is 0. The molecule has 5 heteroatoms. The number of carbonyl (C=O) groups excluding carboxylic acids is 2. The third-order valence-electron chi connectivity index (χ3n) is 3.53. The van der Waals surface area contributed by atoms with E-state index in [1.165, 1.54) is 12.1 Å². The van der Waals surface area contributed by atoms with Crippen LogP contribution in [0.3, 0.4) is 0 Å². The van der Waals surface area contributed by atoms with E-state index in [4.69, 9.17) is 0 Å². The molecule has 0 aliphatic carbocycles. The van der Waals surface area contributed by atoms with Crippen LogP contribution in [0.5, 0.6) is 0 Å². The summed E-state index contributed by atoms with van der Waals surface area (Å²) in [5.74, 6) is -0.510. The molecule has 0 bridgehead atoms. The molecule has 126 valence electrons. The van der Waals surface area contributed by atoms with Crippen molar-refractivity contribution in [3.63, 3.8) is 0 Å². The van der Waals surface area contributed by atoms with Crippen LogP contribution < -0.4 is 10.6 Å². The van der Waals surface area contributed by atoms with Crippen molar-refractivity contribution in [1.82, 2.24) is 10.6 Å². The number of hydrogen-bond donors (Lipinski definition) is 2. The third kappa shape index (κ3) is 6.60. The lowest BCUT2D eigenvalue weighted by Crippen LogP contribution is -2.35. The van der Waals surface area contributed by atoms with Gasteiger partial charge in [0.2, 0.25) is 11.8 Å². The highest BCUT2D eigenvalue weighted by Crippen LogP contribution is 2.03. The third-order valence-corrected chi connectivity index (χ3v) is 3.53. The largest absolute Gasteiger partial charge is 0.354 e. The highest BCUT2D eigenvalue weighted by molar-refractivity contribution is 5.79. The number of aryl methyl sites for hydroxylation is 1. The molecule has 0 atom stereocenters. The maximum Gasteiger partial charge on any atom is 0.224 e. The van der Waals surface area contributed by atoms with Gasteiger partial charge in [-0.3, -0.25) is 9.59 Å². The number of amides is 2. The molecule has 0 radical (unpaired) electrons. The van der Waals surface area contributed by atoms with E-state index in [2.05, 4.69) is 10.6 Å². The quantitative estimate of drug-likeness (QED) is 0.730. The Morgan fingerprint density at radius 3 is 2.08 bits per heavy atom. The van der Waals surface area contributed by atoms with Crippen molar-refractivity contribution in [1.29, 1.82) is 0 Å². The second-order valence-corrected chi connectivity index (χ2v) is 5.49. The smallest absolute Gasteiger partial charge is 0.224 e. The molecule has 0 unspecified atom stereocenters. The van der Waals surface area contributed by atoms with Crippen molar-refractivity contribution in [3.8, 4) is 0 Å². The molecule has 0 saturated carbocycles. The van der Waals surface area contributed by atoms with E-state index >= 15 is 0 Å². The van der Waals surface area contributed by atoms with Crippen LogP contribution in [-0.4, -0.2) is 24.9 Å². The Labute approximate surface area is 141 Å². The maximum absolute atomic E-state index is 12.8. The van der Waals surface area contributed by atoms with Crippen molar-refractivity contribution >= 4 is 11.8 Å². The molecule has 24 heavy (non-hydrogen) atoms. The lowest BCUT2D eigenvalue weighted by molar-refractivity contribution is -0.122. The van der Waals surface area contributed by atoms with Crippen LogP contribution in [0, 0.1) is 5.82 Å². The van der Waals surface area contributed by atoms with Gasteiger partial charge in [0.1, 0.15) is 5.82 Å². The first-order valence-electron chi connectivity index (χ1n) is 7.95. The zero-order valence-corrected chi connectivity index (χ0v) is 13.4. The zero-order chi connectivity index (χ0) is 17.2. The first-order chi connectivity index (χ1) is 11.6. The molecule has 2 amide bonds. The summed E-state index contributed by atoms with van der Waals surface area (Å²) in [6.07, 6.45) is 1.32. The number of benzene rings is 2. The summed E-state index contributed by atoms with van der Waals surface area (Å²) in [7, 11) is 0. The Kier molecular flexibility index (Phi) is 6.95. The van der Waals surface area contributed by atoms with E-state index in [1.807, 2.05) is 30.3 Å². The van der Waals surface area contributed by atoms with Gasteiger partial charge >= 0.3 is 0 Å². The Hall–Kier alpha value is -2.69. The Morgan fingerprint density at radius 1 is 0.792 bits per heavy atom. The van der Waals surface area contributed by atoms with Crippen LogP contribution in [0.4, 0.5) is 4.39 Å². The fraction of sp³-hybridized carbons (Fsp3) is 0.263. The van der Waals surface area contributed by atoms with Crippen LogP contribution in [0.1, 0.15) is 17.5 Å². The number of carbonyl (C=O) groups is 2. The van der Waals surface area contributed by atoms with E-state index in [-0.39, 0.29) is 24.1 Å². The minimum atomic E-state index is -0.322. The van der Waals surface area contributed by atoms with E-state index < -0.39 is 0 Å². The number of nitrogens with one attached hydrogen (secondary N) is 2. The summed E-state index contributed by atoms with van der Waals surface area (Å²) in [6.45, 7) is 0.764. The molecule has 0 spiro atoms. The van der Waals surface area contributed by atoms with Crippen LogP contribution in [0.2, 0.25) is 0 Å². The molecule has 0 fully saturated rings. The predicted molar refractivity (Wildman–Crippen MR) is 90.9 cm³/mol. The molecule has 0 aliphatic heterocycles. The monoisotopic (exact) mass is 328 g/mol. The molecule has 2 rings (SSSR count). The van der Waals surface area contributed by atoms with E-state index in [0.29, 0.717) is 25.9 Å². The molecule has 2 aromatic rings. The molecule has 0 saturated heterocycles. The molecular weight excluding hydrogens is 307 g/mol. The standard InChI is InChI=1S/C19H21FN2O2/c20-17-9-6-16(7-10-17)14-19(24)22-13-12-21-18(23)11-8-15-4-2-1-3-5-15/h1-7,9-10H,8,11-14H2,(H,21,23)(H,22,24). The summed E-state index contributed by atoms with van der Waals surface area (Å²) in [4.78, 5) is 23.5. The molecule has 2 aromatic carbocycles. The van der Waals surface area contributed by atoms with Gasteiger partial charge in [0.05, 0.1) is 6.42 Å². The first kappa shape index (κ1) is 17.7. The van der Waals surface area contributed by atoms with E-state index in [9.17, 15) is 14.0 Å². The van der Waals surface area contributed by atoms with Crippen molar-refractivity contribution in [3.05, 3.63) is 71.5 Å². The average molecular weight is 328 g/mol. The normalized spacial score (nSPS) is 10.2. The van der Waals surface area contributed by atoms with Crippen molar-refractivity contribution in [2.75, 3.05) is 13.1 Å². The van der Waals surface area contributed by atoms with Crippen LogP contribution in [0.15, 0.2) is 54.6 Å². The van der Waals surface area contributed by atoms with Crippen LogP contribution in [-0.2, 0) is 22.4 Å². The van der Waals surface area contributed by atoms with Gasteiger partial charge in [-0.15, -0.1) is 0 Å². The van der Waals surface area contributed by atoms with Gasteiger partial charge in [-0.25, -0.2) is 4.39 Å². The summed E-state index contributed by atoms with van der Waals surface area (Å²) in [6, 6.07) is 15.6. The van der Waals surface area contributed by atoms with E-state index in [1.54, 1.807) is 12.1 Å². The van der Waals surface area contributed by atoms with Gasteiger partial charge in [0.15, 0.2) is 0 Å². The van der Waals surface area contributed by atoms with Gasteiger partial charge < -0.3 is 10.6 Å². The van der Waals surface area contributed by atoms with Crippen molar-refractivity contribution in [2.24, 2.45) is 0 Å². The second kappa shape index (κ2) is 9.45. The van der Waals surface area contributed by atoms with Gasteiger partial charge in [0, 0.05) is 19.5 Å². The van der Waals surface area contributed by atoms with Gasteiger partial charge in [-0.2, -0.15) is 0 Å². The van der Waals surface area contributed by atoms with Crippen LogP contribution in [0.25, 0.3) is 0 Å². The van der Waals surface area contributed by atoms with Gasteiger partial charge in [-0.05, 0) is 29.7 Å². The fourth-order valence-electron chi connectivity index (χ4n) is 2.24. The number of hydrogen-bond acceptors (Lipinski definition) is 2. The highest BCUT2D eigenvalue weighted by atomic mass is 19.1. The molecule has 2 N–H and O–H groups in total. The number of halogens is 1. The lowest BCUT2D eigenvalue weighted by Gasteiger charge is -2.07.